The third-order valence-electron chi connectivity index (χ3n) is 7.97. The molecule has 2 bridgehead atoms. The van der Waals surface area contributed by atoms with E-state index in [1.165, 1.54) is 10.6 Å². The van der Waals surface area contributed by atoms with Gasteiger partial charge < -0.3 is 14.6 Å². The molecule has 11 heteroatoms. The lowest BCUT2D eigenvalue weighted by Gasteiger charge is -2.70. The third-order valence-corrected chi connectivity index (χ3v) is 7.97. The number of hydrogen-bond acceptors (Lipinski definition) is 6. The van der Waals surface area contributed by atoms with Gasteiger partial charge in [0.25, 0.3) is 5.56 Å². The number of aryl methyl sites for hydroxylation is 1. The van der Waals surface area contributed by atoms with E-state index in [2.05, 4.69) is 9.97 Å². The molecule has 3 saturated carbocycles. The smallest absolute Gasteiger partial charge is 0.370 e. The van der Waals surface area contributed by atoms with Crippen molar-refractivity contribution in [3.8, 4) is 0 Å². The van der Waals surface area contributed by atoms with Crippen LogP contribution < -0.4 is 16.0 Å². The molecule has 0 amide bonds. The van der Waals surface area contributed by atoms with Crippen molar-refractivity contribution < 1.29 is 17.9 Å². The van der Waals surface area contributed by atoms with E-state index in [-0.39, 0.29) is 36.5 Å². The minimum Gasteiger partial charge on any atom is -0.370 e. The van der Waals surface area contributed by atoms with Gasteiger partial charge in [0, 0.05) is 43.9 Å². The molecular weight excluding hydrogens is 463 g/mol. The van der Waals surface area contributed by atoms with Gasteiger partial charge in [0.2, 0.25) is 5.56 Å². The number of pyridine rings is 2. The summed E-state index contributed by atoms with van der Waals surface area (Å²) in [5.41, 5.74) is -1.36. The minimum atomic E-state index is -4.26. The Hall–Kier alpha value is -3.21. The molecule has 3 aliphatic carbocycles. The summed E-state index contributed by atoms with van der Waals surface area (Å²) in [6.07, 6.45) is -3.21. The number of rotatable bonds is 3. The molecule has 7 rings (SSSR count). The summed E-state index contributed by atoms with van der Waals surface area (Å²) in [5, 5.41) is 0.303. The molecule has 3 aromatic rings. The van der Waals surface area contributed by atoms with Crippen LogP contribution in [0.5, 0.6) is 0 Å². The summed E-state index contributed by atoms with van der Waals surface area (Å²) in [4.78, 5) is 39.0. The Morgan fingerprint density at radius 2 is 1.91 bits per heavy atom. The lowest BCUT2D eigenvalue weighted by atomic mass is 9.33. The van der Waals surface area contributed by atoms with Crippen LogP contribution in [0.4, 0.5) is 19.0 Å². The Morgan fingerprint density at radius 1 is 1.17 bits per heavy atom. The predicted molar refractivity (Wildman–Crippen MR) is 122 cm³/mol. The van der Waals surface area contributed by atoms with Crippen molar-refractivity contribution in [2.45, 2.75) is 43.9 Å². The van der Waals surface area contributed by atoms with Crippen molar-refractivity contribution in [1.29, 1.82) is 0 Å². The maximum absolute atomic E-state index is 13.6. The molecule has 1 aliphatic heterocycles. The van der Waals surface area contributed by atoms with E-state index < -0.39 is 17.0 Å². The SMILES string of the molecule is Cc1nc2cc(N3CCOC(c4cc[nH]c(=O)c4)C3)nc(C34CC(C(F)(F)F)(C3)C4)c2c(=O)n1C. The van der Waals surface area contributed by atoms with Crippen LogP contribution in [0, 0.1) is 12.3 Å². The molecule has 1 atom stereocenters. The topological polar surface area (TPSA) is 93.1 Å². The highest BCUT2D eigenvalue weighted by molar-refractivity contribution is 5.84. The second-order valence-electron chi connectivity index (χ2n) is 10.1. The molecule has 35 heavy (non-hydrogen) atoms. The van der Waals surface area contributed by atoms with Gasteiger partial charge in [0.1, 0.15) is 17.7 Å². The maximum Gasteiger partial charge on any atom is 0.394 e. The zero-order valence-corrected chi connectivity index (χ0v) is 19.3. The monoisotopic (exact) mass is 487 g/mol. The van der Waals surface area contributed by atoms with Gasteiger partial charge in [-0.05, 0) is 37.8 Å². The van der Waals surface area contributed by atoms with Gasteiger partial charge in [-0.2, -0.15) is 13.2 Å². The highest BCUT2D eigenvalue weighted by atomic mass is 19.4. The van der Waals surface area contributed by atoms with Gasteiger partial charge in [0.15, 0.2) is 0 Å². The second kappa shape index (κ2) is 7.16. The van der Waals surface area contributed by atoms with Gasteiger partial charge in [-0.3, -0.25) is 14.2 Å². The molecular formula is C24H24F3N5O3. The zero-order chi connectivity index (χ0) is 24.8. The number of aromatic nitrogens is 4. The van der Waals surface area contributed by atoms with E-state index in [0.29, 0.717) is 47.9 Å². The van der Waals surface area contributed by atoms with Crippen LogP contribution in [-0.4, -0.2) is 45.4 Å². The number of H-pyrrole nitrogens is 1. The lowest BCUT2D eigenvalue weighted by Crippen LogP contribution is -2.70. The maximum atomic E-state index is 13.6. The molecule has 3 aromatic heterocycles. The van der Waals surface area contributed by atoms with Crippen LogP contribution >= 0.6 is 0 Å². The molecule has 1 saturated heterocycles. The highest BCUT2D eigenvalue weighted by Gasteiger charge is 2.79. The molecule has 0 spiro atoms. The molecule has 1 unspecified atom stereocenters. The number of alkyl halides is 3. The Morgan fingerprint density at radius 3 is 2.60 bits per heavy atom. The molecule has 4 heterocycles. The first-order valence-electron chi connectivity index (χ1n) is 11.5. The molecule has 4 fully saturated rings. The van der Waals surface area contributed by atoms with Crippen LogP contribution in [0.3, 0.4) is 0 Å². The van der Waals surface area contributed by atoms with Crippen LogP contribution in [0.25, 0.3) is 10.9 Å². The first-order chi connectivity index (χ1) is 16.5. The fourth-order valence-electron chi connectivity index (χ4n) is 5.99. The molecule has 184 valence electrons. The van der Waals surface area contributed by atoms with E-state index in [1.54, 1.807) is 32.3 Å². The third kappa shape index (κ3) is 3.17. The first-order valence-corrected chi connectivity index (χ1v) is 11.5. The zero-order valence-electron chi connectivity index (χ0n) is 19.3. The number of nitrogens with zero attached hydrogens (tertiary/aromatic N) is 4. The van der Waals surface area contributed by atoms with Crippen molar-refractivity contribution in [2.75, 3.05) is 24.6 Å². The average Bonchev–Trinajstić information content (AvgIpc) is 2.74. The molecule has 0 aromatic carbocycles. The van der Waals surface area contributed by atoms with Crippen LogP contribution in [0.15, 0.2) is 34.0 Å². The molecule has 0 radical (unpaired) electrons. The van der Waals surface area contributed by atoms with Gasteiger partial charge in [-0.25, -0.2) is 9.97 Å². The number of hydrogen-bond donors (Lipinski definition) is 1. The normalized spacial score (nSPS) is 28.0. The highest BCUT2D eigenvalue weighted by Crippen LogP contribution is 2.78. The number of morpholine rings is 1. The Bertz CT molecular complexity index is 1460. The van der Waals surface area contributed by atoms with E-state index in [1.807, 2.05) is 4.90 Å². The number of fused-ring (bicyclic) bond motifs is 1. The van der Waals surface area contributed by atoms with Crippen molar-refractivity contribution >= 4 is 16.7 Å². The molecule has 1 N–H and O–H groups in total. The number of nitrogens with one attached hydrogen (secondary N) is 1. The van der Waals surface area contributed by atoms with E-state index in [9.17, 15) is 22.8 Å². The van der Waals surface area contributed by atoms with Gasteiger partial charge in [0.05, 0.1) is 28.6 Å². The van der Waals surface area contributed by atoms with Crippen molar-refractivity contribution in [2.24, 2.45) is 12.5 Å². The van der Waals surface area contributed by atoms with Crippen LogP contribution in [0.2, 0.25) is 0 Å². The standard InChI is InChI=1S/C24H24F3N5O3/c1-13-29-15-8-17(32-5-6-35-16(9-32)14-3-4-28-18(33)7-14)30-20(19(15)21(34)31(13)2)22-10-23(11-22,12-22)24(25,26)27/h3-4,7-8,16H,5-6,9-12H2,1-2H3,(H,28,33). The van der Waals surface area contributed by atoms with Crippen LogP contribution in [-0.2, 0) is 17.2 Å². The summed E-state index contributed by atoms with van der Waals surface area (Å²) in [6.45, 7) is 3.03. The Kier molecular flexibility index (Phi) is 4.55. The first kappa shape index (κ1) is 22.3. The van der Waals surface area contributed by atoms with Gasteiger partial charge in [-0.1, -0.05) is 0 Å². The quantitative estimate of drug-likeness (QED) is 0.611. The van der Waals surface area contributed by atoms with E-state index >= 15 is 0 Å². The fourth-order valence-corrected chi connectivity index (χ4v) is 5.99. The van der Waals surface area contributed by atoms with E-state index in [0.717, 1.165) is 5.56 Å². The Labute approximate surface area is 197 Å². The van der Waals surface area contributed by atoms with Gasteiger partial charge >= 0.3 is 6.18 Å². The van der Waals surface area contributed by atoms with Crippen molar-refractivity contribution in [1.82, 2.24) is 19.5 Å². The summed E-state index contributed by atoms with van der Waals surface area (Å²) in [7, 11) is 1.61. The van der Waals surface area contributed by atoms with Crippen LogP contribution in [0.1, 0.15) is 42.4 Å². The molecule has 4 aliphatic rings. The number of ether oxygens (including phenoxy) is 1. The fraction of sp³-hybridized carbons (Fsp3) is 0.500. The average molecular weight is 487 g/mol. The Balaban J connectivity index is 1.43. The lowest BCUT2D eigenvalue weighted by molar-refractivity contribution is -0.337. The van der Waals surface area contributed by atoms with Crippen molar-refractivity contribution in [3.63, 3.8) is 0 Å². The largest absolute Gasteiger partial charge is 0.394 e. The summed E-state index contributed by atoms with van der Waals surface area (Å²) in [6, 6.07) is 5.00. The summed E-state index contributed by atoms with van der Waals surface area (Å²) >= 11 is 0. The summed E-state index contributed by atoms with van der Waals surface area (Å²) < 4.78 is 48.0. The van der Waals surface area contributed by atoms with Crippen molar-refractivity contribution in [3.05, 3.63) is 62.2 Å². The minimum absolute atomic E-state index is 0.0510. The number of anilines is 1. The number of aromatic amines is 1. The number of halogens is 3. The molecule has 8 nitrogen and oxygen atoms in total. The van der Waals surface area contributed by atoms with E-state index in [4.69, 9.17) is 9.72 Å². The predicted octanol–water partition coefficient (Wildman–Crippen LogP) is 2.89. The summed E-state index contributed by atoms with van der Waals surface area (Å²) in [5.74, 6) is 1.06. The second-order valence-corrected chi connectivity index (χ2v) is 10.1. The van der Waals surface area contributed by atoms with Gasteiger partial charge in [-0.15, -0.1) is 0 Å².